The largest absolute Gasteiger partial charge is 0.338 e. The van der Waals surface area contributed by atoms with Crippen molar-refractivity contribution in [3.05, 3.63) is 52.6 Å². The lowest BCUT2D eigenvalue weighted by atomic mass is 10.1. The van der Waals surface area contributed by atoms with E-state index in [0.29, 0.717) is 0 Å². The highest BCUT2D eigenvalue weighted by Gasteiger charge is 2.05. The van der Waals surface area contributed by atoms with Crippen molar-refractivity contribution in [2.75, 3.05) is 6.54 Å². The van der Waals surface area contributed by atoms with Crippen LogP contribution in [-0.4, -0.2) is 16.1 Å². The Labute approximate surface area is 113 Å². The van der Waals surface area contributed by atoms with E-state index >= 15 is 0 Å². The number of rotatable bonds is 5. The smallest absolute Gasteiger partial charge is 0.112 e. The van der Waals surface area contributed by atoms with Gasteiger partial charge in [-0.05, 0) is 23.7 Å². The summed E-state index contributed by atoms with van der Waals surface area (Å²) in [5, 5.41) is 4.10. The minimum Gasteiger partial charge on any atom is -0.338 e. The van der Waals surface area contributed by atoms with Crippen LogP contribution in [0.4, 0.5) is 0 Å². The van der Waals surface area contributed by atoms with E-state index < -0.39 is 0 Å². The van der Waals surface area contributed by atoms with Crippen molar-refractivity contribution in [1.82, 2.24) is 14.9 Å². The molecule has 0 saturated carbocycles. The number of halogens is 1. The molecule has 1 aromatic carbocycles. The normalized spacial score (nSPS) is 10.8. The summed E-state index contributed by atoms with van der Waals surface area (Å²) in [6.07, 6.45) is 4.58. The minimum absolute atomic E-state index is 0.810. The molecule has 0 aliphatic carbocycles. The fourth-order valence-electron chi connectivity index (χ4n) is 1.85. The SMILES string of the molecule is CCNCc1ccc(Cc2nccn2C)cc1Cl. The van der Waals surface area contributed by atoms with Crippen LogP contribution in [0.1, 0.15) is 23.9 Å². The van der Waals surface area contributed by atoms with Gasteiger partial charge in [-0.3, -0.25) is 0 Å². The maximum atomic E-state index is 6.28. The Morgan fingerprint density at radius 1 is 1.39 bits per heavy atom. The van der Waals surface area contributed by atoms with Gasteiger partial charge in [0.25, 0.3) is 0 Å². The summed E-state index contributed by atoms with van der Waals surface area (Å²) in [6, 6.07) is 6.24. The highest BCUT2D eigenvalue weighted by molar-refractivity contribution is 6.31. The van der Waals surface area contributed by atoms with Crippen LogP contribution in [-0.2, 0) is 20.0 Å². The van der Waals surface area contributed by atoms with E-state index in [4.69, 9.17) is 11.6 Å². The van der Waals surface area contributed by atoms with Gasteiger partial charge in [0.1, 0.15) is 5.82 Å². The molecule has 4 heteroatoms. The summed E-state index contributed by atoms with van der Waals surface area (Å²) in [6.45, 7) is 3.85. The lowest BCUT2D eigenvalue weighted by molar-refractivity contribution is 0.726. The van der Waals surface area contributed by atoms with Crippen LogP contribution in [0.25, 0.3) is 0 Å². The van der Waals surface area contributed by atoms with E-state index in [2.05, 4.69) is 29.4 Å². The van der Waals surface area contributed by atoms with Gasteiger partial charge < -0.3 is 9.88 Å². The molecule has 1 N–H and O–H groups in total. The number of aryl methyl sites for hydroxylation is 1. The zero-order valence-corrected chi connectivity index (χ0v) is 11.5. The summed E-state index contributed by atoms with van der Waals surface area (Å²) >= 11 is 6.28. The van der Waals surface area contributed by atoms with E-state index in [1.165, 1.54) is 5.56 Å². The van der Waals surface area contributed by atoms with Crippen LogP contribution < -0.4 is 5.32 Å². The molecule has 0 aliphatic heterocycles. The van der Waals surface area contributed by atoms with E-state index in [-0.39, 0.29) is 0 Å². The van der Waals surface area contributed by atoms with Gasteiger partial charge in [0.15, 0.2) is 0 Å². The van der Waals surface area contributed by atoms with Crippen molar-refractivity contribution < 1.29 is 0 Å². The highest BCUT2D eigenvalue weighted by atomic mass is 35.5. The summed E-state index contributed by atoms with van der Waals surface area (Å²) in [5.41, 5.74) is 2.33. The van der Waals surface area contributed by atoms with Crippen molar-refractivity contribution in [3.63, 3.8) is 0 Å². The molecule has 0 atom stereocenters. The third-order valence-corrected chi connectivity index (χ3v) is 3.32. The molecule has 3 nitrogen and oxygen atoms in total. The summed E-state index contributed by atoms with van der Waals surface area (Å²) in [4.78, 5) is 4.32. The first-order chi connectivity index (χ1) is 8.70. The molecule has 1 heterocycles. The number of hydrogen-bond donors (Lipinski definition) is 1. The minimum atomic E-state index is 0.810. The van der Waals surface area contributed by atoms with E-state index in [9.17, 15) is 0 Å². The molecular weight excluding hydrogens is 246 g/mol. The molecule has 2 aromatic rings. The molecular formula is C14H18ClN3. The molecule has 0 saturated heterocycles. The quantitative estimate of drug-likeness (QED) is 0.899. The van der Waals surface area contributed by atoms with E-state index in [1.807, 2.05) is 30.1 Å². The maximum absolute atomic E-state index is 6.28. The molecule has 18 heavy (non-hydrogen) atoms. The number of hydrogen-bond acceptors (Lipinski definition) is 2. The van der Waals surface area contributed by atoms with E-state index in [0.717, 1.165) is 35.9 Å². The van der Waals surface area contributed by atoms with Gasteiger partial charge in [-0.15, -0.1) is 0 Å². The third-order valence-electron chi connectivity index (χ3n) is 2.97. The Bertz CT molecular complexity index is 520. The molecule has 2 rings (SSSR count). The Morgan fingerprint density at radius 2 is 2.22 bits per heavy atom. The topological polar surface area (TPSA) is 29.9 Å². The van der Waals surface area contributed by atoms with Crippen molar-refractivity contribution >= 4 is 11.6 Å². The van der Waals surface area contributed by atoms with Crippen molar-refractivity contribution in [3.8, 4) is 0 Å². The summed E-state index contributed by atoms with van der Waals surface area (Å²) in [7, 11) is 2.00. The lowest BCUT2D eigenvalue weighted by Crippen LogP contribution is -2.12. The van der Waals surface area contributed by atoms with Gasteiger partial charge in [-0.25, -0.2) is 4.98 Å². The van der Waals surface area contributed by atoms with Crippen LogP contribution in [0.2, 0.25) is 5.02 Å². The first kappa shape index (κ1) is 13.1. The number of nitrogens with one attached hydrogen (secondary N) is 1. The molecule has 0 bridgehead atoms. The summed E-state index contributed by atoms with van der Waals surface area (Å²) in [5.74, 6) is 1.05. The van der Waals surface area contributed by atoms with Gasteiger partial charge in [0, 0.05) is 37.4 Å². The van der Waals surface area contributed by atoms with Gasteiger partial charge in [-0.1, -0.05) is 30.7 Å². The van der Waals surface area contributed by atoms with Gasteiger partial charge in [0.05, 0.1) is 0 Å². The molecule has 0 spiro atoms. The molecule has 0 unspecified atom stereocenters. The van der Waals surface area contributed by atoms with Crippen molar-refractivity contribution in [2.45, 2.75) is 19.9 Å². The second-order valence-corrected chi connectivity index (χ2v) is 4.74. The monoisotopic (exact) mass is 263 g/mol. The van der Waals surface area contributed by atoms with Crippen molar-refractivity contribution in [2.24, 2.45) is 7.05 Å². The van der Waals surface area contributed by atoms with Gasteiger partial charge >= 0.3 is 0 Å². The average molecular weight is 264 g/mol. The third kappa shape index (κ3) is 3.12. The van der Waals surface area contributed by atoms with Crippen LogP contribution >= 0.6 is 11.6 Å². The van der Waals surface area contributed by atoms with Crippen LogP contribution in [0.3, 0.4) is 0 Å². The Morgan fingerprint density at radius 3 is 2.83 bits per heavy atom. The molecule has 0 radical (unpaired) electrons. The second kappa shape index (κ2) is 6.03. The number of nitrogens with zero attached hydrogens (tertiary/aromatic N) is 2. The van der Waals surface area contributed by atoms with E-state index in [1.54, 1.807) is 0 Å². The Kier molecular flexibility index (Phi) is 4.39. The number of benzene rings is 1. The lowest BCUT2D eigenvalue weighted by Gasteiger charge is -2.08. The predicted octanol–water partition coefficient (Wildman–Crippen LogP) is 2.77. The molecule has 96 valence electrons. The fourth-order valence-corrected chi connectivity index (χ4v) is 2.12. The zero-order chi connectivity index (χ0) is 13.0. The Hall–Kier alpha value is -1.32. The van der Waals surface area contributed by atoms with Crippen LogP contribution in [0.5, 0.6) is 0 Å². The molecule has 0 aliphatic rings. The second-order valence-electron chi connectivity index (χ2n) is 4.34. The first-order valence-corrected chi connectivity index (χ1v) is 6.52. The number of aromatic nitrogens is 2. The fraction of sp³-hybridized carbons (Fsp3) is 0.357. The van der Waals surface area contributed by atoms with Crippen LogP contribution in [0.15, 0.2) is 30.6 Å². The summed E-state index contributed by atoms with van der Waals surface area (Å²) < 4.78 is 2.03. The number of imidazole rings is 1. The van der Waals surface area contributed by atoms with Gasteiger partial charge in [0.2, 0.25) is 0 Å². The average Bonchev–Trinajstić information content (AvgIpc) is 2.74. The first-order valence-electron chi connectivity index (χ1n) is 6.15. The molecule has 1 aromatic heterocycles. The highest BCUT2D eigenvalue weighted by Crippen LogP contribution is 2.19. The molecule has 0 fully saturated rings. The zero-order valence-electron chi connectivity index (χ0n) is 10.8. The standard InChI is InChI=1S/C14H18ClN3/c1-3-16-10-12-5-4-11(8-13(12)15)9-14-17-6-7-18(14)2/h4-8,16H,3,9-10H2,1-2H3. The van der Waals surface area contributed by atoms with Gasteiger partial charge in [-0.2, -0.15) is 0 Å². The predicted molar refractivity (Wildman–Crippen MR) is 74.8 cm³/mol. The maximum Gasteiger partial charge on any atom is 0.112 e. The van der Waals surface area contributed by atoms with Crippen molar-refractivity contribution in [1.29, 1.82) is 0 Å². The molecule has 0 amide bonds. The Balaban J connectivity index is 2.11. The van der Waals surface area contributed by atoms with Crippen LogP contribution in [0, 0.1) is 0 Å².